The maximum absolute atomic E-state index is 9.90. The van der Waals surface area contributed by atoms with Crippen LogP contribution in [0.4, 0.5) is 0 Å². The van der Waals surface area contributed by atoms with Crippen LogP contribution >= 0.6 is 0 Å². The van der Waals surface area contributed by atoms with E-state index in [1.807, 2.05) is 6.92 Å². The molecule has 0 aromatic heterocycles. The summed E-state index contributed by atoms with van der Waals surface area (Å²) in [5.41, 5.74) is 0. The normalized spacial score (nSPS) is 28.9. The van der Waals surface area contributed by atoms with Crippen LogP contribution in [0.5, 0.6) is 0 Å². The second-order valence-electron chi connectivity index (χ2n) is 5.06. The summed E-state index contributed by atoms with van der Waals surface area (Å²) in [5, 5.41) is 29.4. The van der Waals surface area contributed by atoms with E-state index in [1.165, 1.54) is 0 Å². The fraction of sp³-hybridized carbons (Fsp3) is 1.00. The number of hydrogen-bond acceptors (Lipinski definition) is 5. The molecule has 5 nitrogen and oxygen atoms in total. The molecular formula is C12H24O5. The molecular weight excluding hydrogens is 224 g/mol. The zero-order valence-electron chi connectivity index (χ0n) is 10.8. The van der Waals surface area contributed by atoms with Crippen molar-refractivity contribution in [2.75, 3.05) is 6.61 Å². The van der Waals surface area contributed by atoms with Crippen molar-refractivity contribution in [2.45, 2.75) is 70.2 Å². The van der Waals surface area contributed by atoms with Gasteiger partial charge in [-0.3, -0.25) is 0 Å². The molecule has 0 aromatic carbocycles. The maximum atomic E-state index is 9.90. The van der Waals surface area contributed by atoms with Gasteiger partial charge in [0, 0.05) is 0 Å². The lowest BCUT2D eigenvalue weighted by Gasteiger charge is -2.27. The second-order valence-corrected chi connectivity index (χ2v) is 5.06. The standard InChI is InChI=1S/C12H24O5/c1-4-5-6-8(13)10(14)11(15)9-7-16-12(2,3)17-9/h8-11,13-15H,4-7H2,1-3H3/t8-,9-,10+,11+/m0/s1. The van der Waals surface area contributed by atoms with Crippen LogP contribution in [0.1, 0.15) is 40.0 Å². The molecule has 1 aliphatic rings. The summed E-state index contributed by atoms with van der Waals surface area (Å²) in [4.78, 5) is 0. The lowest BCUT2D eigenvalue weighted by atomic mass is 9.99. The van der Waals surface area contributed by atoms with Crippen LogP contribution in [0.15, 0.2) is 0 Å². The van der Waals surface area contributed by atoms with E-state index in [2.05, 4.69) is 0 Å². The third-order valence-corrected chi connectivity index (χ3v) is 3.01. The highest BCUT2D eigenvalue weighted by Gasteiger charge is 2.40. The van der Waals surface area contributed by atoms with Gasteiger partial charge in [0.2, 0.25) is 0 Å². The van der Waals surface area contributed by atoms with Crippen LogP contribution in [-0.2, 0) is 9.47 Å². The Morgan fingerprint density at radius 2 is 1.94 bits per heavy atom. The summed E-state index contributed by atoms with van der Waals surface area (Å²) < 4.78 is 10.8. The molecule has 0 radical (unpaired) electrons. The topological polar surface area (TPSA) is 79.2 Å². The number of ether oxygens (including phenoxy) is 2. The quantitative estimate of drug-likeness (QED) is 0.634. The fourth-order valence-electron chi connectivity index (χ4n) is 1.92. The third-order valence-electron chi connectivity index (χ3n) is 3.01. The molecule has 0 amide bonds. The minimum atomic E-state index is -1.19. The van der Waals surface area contributed by atoms with Crippen molar-refractivity contribution in [1.29, 1.82) is 0 Å². The second kappa shape index (κ2) is 6.11. The number of aliphatic hydroxyl groups is 3. The molecule has 4 atom stereocenters. The van der Waals surface area contributed by atoms with E-state index in [9.17, 15) is 15.3 Å². The molecule has 0 saturated carbocycles. The highest BCUT2D eigenvalue weighted by atomic mass is 16.7. The van der Waals surface area contributed by atoms with Crippen LogP contribution < -0.4 is 0 Å². The van der Waals surface area contributed by atoms with E-state index >= 15 is 0 Å². The number of hydrogen-bond donors (Lipinski definition) is 3. The van der Waals surface area contributed by atoms with Gasteiger partial charge in [-0.1, -0.05) is 19.8 Å². The van der Waals surface area contributed by atoms with Crippen LogP contribution in [0.25, 0.3) is 0 Å². The van der Waals surface area contributed by atoms with Gasteiger partial charge in [-0.05, 0) is 20.3 Å². The van der Waals surface area contributed by atoms with E-state index in [0.717, 1.165) is 12.8 Å². The van der Waals surface area contributed by atoms with Crippen LogP contribution in [0.3, 0.4) is 0 Å². The van der Waals surface area contributed by atoms with Gasteiger partial charge in [0.1, 0.15) is 18.3 Å². The Labute approximate surface area is 102 Å². The predicted octanol–water partition coefficient (Wildman–Crippen LogP) is 0.411. The first-order chi connectivity index (χ1) is 7.87. The molecule has 0 bridgehead atoms. The molecule has 0 aliphatic carbocycles. The largest absolute Gasteiger partial charge is 0.390 e. The first-order valence-electron chi connectivity index (χ1n) is 6.23. The van der Waals surface area contributed by atoms with Crippen molar-refractivity contribution >= 4 is 0 Å². The van der Waals surface area contributed by atoms with Crippen LogP contribution in [-0.4, -0.2) is 52.1 Å². The van der Waals surface area contributed by atoms with E-state index in [4.69, 9.17) is 9.47 Å². The summed E-state index contributed by atoms with van der Waals surface area (Å²) in [7, 11) is 0. The molecule has 102 valence electrons. The average Bonchev–Trinajstić information content (AvgIpc) is 2.64. The lowest BCUT2D eigenvalue weighted by Crippen LogP contribution is -2.45. The molecule has 0 unspecified atom stereocenters. The van der Waals surface area contributed by atoms with Crippen molar-refractivity contribution in [1.82, 2.24) is 0 Å². The Morgan fingerprint density at radius 1 is 1.29 bits per heavy atom. The molecule has 1 rings (SSSR count). The average molecular weight is 248 g/mol. The summed E-state index contributed by atoms with van der Waals surface area (Å²) in [6, 6.07) is 0. The first-order valence-corrected chi connectivity index (χ1v) is 6.23. The Hall–Kier alpha value is -0.200. The monoisotopic (exact) mass is 248 g/mol. The summed E-state index contributed by atoms with van der Waals surface area (Å²) in [6.07, 6.45) is -1.58. The Morgan fingerprint density at radius 3 is 2.41 bits per heavy atom. The number of rotatable bonds is 6. The van der Waals surface area contributed by atoms with Crippen LogP contribution in [0, 0.1) is 0 Å². The van der Waals surface area contributed by atoms with Gasteiger partial charge in [-0.2, -0.15) is 0 Å². The van der Waals surface area contributed by atoms with E-state index in [0.29, 0.717) is 6.42 Å². The molecule has 0 spiro atoms. The molecule has 1 saturated heterocycles. The SMILES string of the molecule is CCCC[C@H](O)[C@@H](O)[C@H](O)[C@@H]1COC(C)(C)O1. The Balaban J connectivity index is 2.43. The third kappa shape index (κ3) is 4.19. The van der Waals surface area contributed by atoms with E-state index in [1.54, 1.807) is 13.8 Å². The fourth-order valence-corrected chi connectivity index (χ4v) is 1.92. The molecule has 0 aromatic rings. The Kier molecular flexibility index (Phi) is 5.34. The van der Waals surface area contributed by atoms with Crippen LogP contribution in [0.2, 0.25) is 0 Å². The van der Waals surface area contributed by atoms with Crippen molar-refractivity contribution in [3.63, 3.8) is 0 Å². The summed E-state index contributed by atoms with van der Waals surface area (Å²) in [6.45, 7) is 5.73. The summed E-state index contributed by atoms with van der Waals surface area (Å²) in [5.74, 6) is -0.736. The zero-order valence-corrected chi connectivity index (χ0v) is 10.8. The smallest absolute Gasteiger partial charge is 0.163 e. The molecule has 17 heavy (non-hydrogen) atoms. The first kappa shape index (κ1) is 14.9. The lowest BCUT2D eigenvalue weighted by molar-refractivity contribution is -0.168. The highest BCUT2D eigenvalue weighted by Crippen LogP contribution is 2.26. The van der Waals surface area contributed by atoms with Gasteiger partial charge >= 0.3 is 0 Å². The van der Waals surface area contributed by atoms with Crippen molar-refractivity contribution in [3.05, 3.63) is 0 Å². The van der Waals surface area contributed by atoms with Crippen molar-refractivity contribution in [3.8, 4) is 0 Å². The Bertz CT molecular complexity index is 231. The van der Waals surface area contributed by atoms with Crippen molar-refractivity contribution < 1.29 is 24.8 Å². The van der Waals surface area contributed by atoms with E-state index in [-0.39, 0.29) is 6.61 Å². The van der Waals surface area contributed by atoms with Gasteiger partial charge in [0.05, 0.1) is 12.7 Å². The van der Waals surface area contributed by atoms with Gasteiger partial charge in [0.15, 0.2) is 5.79 Å². The minimum absolute atomic E-state index is 0.228. The molecule has 1 fully saturated rings. The molecule has 1 heterocycles. The highest BCUT2D eigenvalue weighted by molar-refractivity contribution is 4.85. The number of unbranched alkanes of at least 4 members (excludes halogenated alkanes) is 1. The van der Waals surface area contributed by atoms with E-state index < -0.39 is 30.2 Å². The van der Waals surface area contributed by atoms with Gasteiger partial charge in [0.25, 0.3) is 0 Å². The molecule has 1 aliphatic heterocycles. The van der Waals surface area contributed by atoms with Gasteiger partial charge in [-0.15, -0.1) is 0 Å². The van der Waals surface area contributed by atoms with Gasteiger partial charge < -0.3 is 24.8 Å². The minimum Gasteiger partial charge on any atom is -0.390 e. The summed E-state index contributed by atoms with van der Waals surface area (Å²) >= 11 is 0. The van der Waals surface area contributed by atoms with Crippen molar-refractivity contribution in [2.24, 2.45) is 0 Å². The molecule has 3 N–H and O–H groups in total. The maximum Gasteiger partial charge on any atom is 0.163 e. The zero-order chi connectivity index (χ0) is 13.1. The van der Waals surface area contributed by atoms with Gasteiger partial charge in [-0.25, -0.2) is 0 Å². The molecule has 5 heteroatoms. The predicted molar refractivity (Wildman–Crippen MR) is 62.4 cm³/mol. The number of aliphatic hydroxyl groups excluding tert-OH is 3.